The van der Waals surface area contributed by atoms with E-state index < -0.39 is 5.60 Å². The highest BCUT2D eigenvalue weighted by Gasteiger charge is 2.40. The molecule has 120 valence electrons. The number of aliphatic hydroxyl groups is 1. The Bertz CT molecular complexity index is 531. The van der Waals surface area contributed by atoms with E-state index in [4.69, 9.17) is 4.74 Å². The number of halogens is 1. The van der Waals surface area contributed by atoms with Gasteiger partial charge >= 0.3 is 0 Å². The number of rotatable bonds is 4. The lowest BCUT2D eigenvalue weighted by Crippen LogP contribution is -2.48. The van der Waals surface area contributed by atoms with Crippen LogP contribution in [0, 0.1) is 11.7 Å². The third-order valence-corrected chi connectivity index (χ3v) is 5.54. The molecule has 1 aromatic rings. The van der Waals surface area contributed by atoms with Crippen LogP contribution < -0.4 is 5.32 Å². The zero-order chi connectivity index (χ0) is 15.6. The third-order valence-electron chi connectivity index (χ3n) is 4.36. The normalized spacial score (nSPS) is 31.4. The molecule has 2 aliphatic heterocycles. The van der Waals surface area contributed by atoms with E-state index in [1.165, 1.54) is 12.1 Å². The van der Waals surface area contributed by atoms with Crippen LogP contribution in [0.25, 0.3) is 0 Å². The van der Waals surface area contributed by atoms with Crippen LogP contribution in [-0.4, -0.2) is 41.3 Å². The maximum absolute atomic E-state index is 13.0. The first-order chi connectivity index (χ1) is 10.6. The van der Waals surface area contributed by atoms with Crippen LogP contribution in [0.15, 0.2) is 24.3 Å². The Morgan fingerprint density at radius 2 is 2.23 bits per heavy atom. The van der Waals surface area contributed by atoms with Crippen molar-refractivity contribution in [1.82, 2.24) is 5.32 Å². The highest BCUT2D eigenvalue weighted by atomic mass is 32.2. The van der Waals surface area contributed by atoms with E-state index in [9.17, 15) is 14.3 Å². The Balaban J connectivity index is 1.59. The first kappa shape index (κ1) is 15.8. The molecule has 2 aliphatic rings. The van der Waals surface area contributed by atoms with Crippen molar-refractivity contribution in [3.63, 3.8) is 0 Å². The Labute approximate surface area is 133 Å². The van der Waals surface area contributed by atoms with Gasteiger partial charge in [-0.15, -0.1) is 0 Å². The van der Waals surface area contributed by atoms with E-state index in [2.05, 4.69) is 5.32 Å². The van der Waals surface area contributed by atoms with Crippen molar-refractivity contribution in [3.8, 4) is 0 Å². The van der Waals surface area contributed by atoms with Gasteiger partial charge in [0.15, 0.2) is 5.60 Å². The molecule has 0 aliphatic carbocycles. The molecule has 3 atom stereocenters. The Morgan fingerprint density at radius 3 is 2.91 bits per heavy atom. The molecule has 4 nitrogen and oxygen atoms in total. The summed E-state index contributed by atoms with van der Waals surface area (Å²) in [7, 11) is 0. The molecule has 1 aromatic carbocycles. The van der Waals surface area contributed by atoms with E-state index in [0.29, 0.717) is 25.3 Å². The van der Waals surface area contributed by atoms with Gasteiger partial charge in [-0.05, 0) is 36.3 Å². The summed E-state index contributed by atoms with van der Waals surface area (Å²) >= 11 is 1.60. The molecule has 2 fully saturated rings. The lowest BCUT2D eigenvalue weighted by Gasteiger charge is -2.23. The average Bonchev–Trinajstić information content (AvgIpc) is 3.15. The summed E-state index contributed by atoms with van der Waals surface area (Å²) in [4.78, 5) is 12.1. The second kappa shape index (κ2) is 6.56. The van der Waals surface area contributed by atoms with Gasteiger partial charge in [0.1, 0.15) is 5.82 Å². The standard InChI is InChI=1S/C16H20FNO3S/c17-13-3-1-11(2-4-13)14-12(5-7-21-14)9-18-15(19)16(20)6-8-22-10-16/h1-4,12,14,20H,5-10H2,(H,18,19)/t12-,14-,16-/m0/s1. The molecular weight excluding hydrogens is 305 g/mol. The molecule has 0 saturated carbocycles. The number of hydrogen-bond acceptors (Lipinski definition) is 4. The quantitative estimate of drug-likeness (QED) is 0.887. The number of hydrogen-bond donors (Lipinski definition) is 2. The van der Waals surface area contributed by atoms with Gasteiger partial charge in [0, 0.05) is 24.8 Å². The minimum absolute atomic E-state index is 0.131. The Hall–Kier alpha value is -1.11. The van der Waals surface area contributed by atoms with Crippen LogP contribution in [0.4, 0.5) is 4.39 Å². The molecule has 0 radical (unpaired) electrons. The fourth-order valence-electron chi connectivity index (χ4n) is 2.99. The Morgan fingerprint density at radius 1 is 1.45 bits per heavy atom. The SMILES string of the molecule is O=C(NC[C@@H]1CCO[C@H]1c1ccc(F)cc1)[C@]1(O)CCSC1. The molecule has 2 heterocycles. The largest absolute Gasteiger partial charge is 0.379 e. The molecule has 0 aromatic heterocycles. The van der Waals surface area contributed by atoms with Gasteiger partial charge in [0.2, 0.25) is 0 Å². The third kappa shape index (κ3) is 3.29. The van der Waals surface area contributed by atoms with Crippen LogP contribution in [0.5, 0.6) is 0 Å². The summed E-state index contributed by atoms with van der Waals surface area (Å²) in [5.74, 6) is 0.859. The van der Waals surface area contributed by atoms with Crippen LogP contribution >= 0.6 is 11.8 Å². The summed E-state index contributed by atoms with van der Waals surface area (Å²) in [6, 6.07) is 6.29. The predicted molar refractivity (Wildman–Crippen MR) is 83.1 cm³/mol. The number of amides is 1. The molecule has 0 spiro atoms. The second-order valence-corrected chi connectivity index (χ2v) is 7.04. The predicted octanol–water partition coefficient (Wildman–Crippen LogP) is 1.89. The fourth-order valence-corrected chi connectivity index (χ4v) is 4.22. The molecular formula is C16H20FNO3S. The monoisotopic (exact) mass is 325 g/mol. The number of carbonyl (C=O) groups excluding carboxylic acids is 1. The van der Waals surface area contributed by atoms with Crippen molar-refractivity contribution >= 4 is 17.7 Å². The smallest absolute Gasteiger partial charge is 0.252 e. The van der Waals surface area contributed by atoms with Crippen molar-refractivity contribution in [1.29, 1.82) is 0 Å². The van der Waals surface area contributed by atoms with Crippen molar-refractivity contribution < 1.29 is 19.0 Å². The summed E-state index contributed by atoms with van der Waals surface area (Å²) in [6.07, 6.45) is 1.22. The maximum atomic E-state index is 13.0. The number of nitrogens with one attached hydrogen (secondary N) is 1. The van der Waals surface area contributed by atoms with Crippen molar-refractivity contribution in [2.75, 3.05) is 24.7 Å². The van der Waals surface area contributed by atoms with Gasteiger partial charge < -0.3 is 15.2 Å². The number of ether oxygens (including phenoxy) is 1. The van der Waals surface area contributed by atoms with Crippen molar-refractivity contribution in [3.05, 3.63) is 35.6 Å². The molecule has 22 heavy (non-hydrogen) atoms. The van der Waals surface area contributed by atoms with Crippen molar-refractivity contribution in [2.24, 2.45) is 5.92 Å². The lowest BCUT2D eigenvalue weighted by atomic mass is 9.94. The first-order valence-corrected chi connectivity index (χ1v) is 8.69. The zero-order valence-electron chi connectivity index (χ0n) is 12.3. The van der Waals surface area contributed by atoms with Crippen LogP contribution in [-0.2, 0) is 9.53 Å². The molecule has 1 amide bonds. The Kier molecular flexibility index (Phi) is 4.70. The van der Waals surface area contributed by atoms with E-state index in [1.807, 2.05) is 0 Å². The molecule has 2 saturated heterocycles. The number of thioether (sulfide) groups is 1. The molecule has 0 unspecified atom stereocenters. The average molecular weight is 325 g/mol. The number of carbonyl (C=O) groups is 1. The molecule has 3 rings (SSSR count). The molecule has 0 bridgehead atoms. The van der Waals surface area contributed by atoms with Gasteiger partial charge in [0.05, 0.1) is 6.10 Å². The minimum Gasteiger partial charge on any atom is -0.379 e. The lowest BCUT2D eigenvalue weighted by molar-refractivity contribution is -0.137. The first-order valence-electron chi connectivity index (χ1n) is 7.54. The van der Waals surface area contributed by atoms with Gasteiger partial charge in [0.25, 0.3) is 5.91 Å². The second-order valence-electron chi connectivity index (χ2n) is 5.94. The van der Waals surface area contributed by atoms with Crippen molar-refractivity contribution in [2.45, 2.75) is 24.5 Å². The van der Waals surface area contributed by atoms with Gasteiger partial charge in [-0.1, -0.05) is 12.1 Å². The molecule has 6 heteroatoms. The topological polar surface area (TPSA) is 58.6 Å². The number of benzene rings is 1. The van der Waals surface area contributed by atoms with Gasteiger partial charge in [-0.3, -0.25) is 4.79 Å². The molecule has 2 N–H and O–H groups in total. The van der Waals surface area contributed by atoms with Crippen LogP contribution in [0.3, 0.4) is 0 Å². The van der Waals surface area contributed by atoms with E-state index >= 15 is 0 Å². The van der Waals surface area contributed by atoms with Gasteiger partial charge in [-0.25, -0.2) is 4.39 Å². The van der Waals surface area contributed by atoms with E-state index in [-0.39, 0.29) is 23.7 Å². The summed E-state index contributed by atoms with van der Waals surface area (Å²) in [6.45, 7) is 1.09. The van der Waals surface area contributed by atoms with Gasteiger partial charge in [-0.2, -0.15) is 11.8 Å². The van der Waals surface area contributed by atoms with Crippen LogP contribution in [0.1, 0.15) is 24.5 Å². The summed E-state index contributed by atoms with van der Waals surface area (Å²) in [5.41, 5.74) is -0.302. The minimum atomic E-state index is -1.23. The zero-order valence-corrected chi connectivity index (χ0v) is 13.1. The maximum Gasteiger partial charge on any atom is 0.252 e. The van der Waals surface area contributed by atoms with E-state index in [1.54, 1.807) is 23.9 Å². The fraction of sp³-hybridized carbons (Fsp3) is 0.562. The summed E-state index contributed by atoms with van der Waals surface area (Å²) in [5, 5.41) is 13.1. The highest BCUT2D eigenvalue weighted by Crippen LogP contribution is 2.34. The highest BCUT2D eigenvalue weighted by molar-refractivity contribution is 7.99. The van der Waals surface area contributed by atoms with Crippen LogP contribution in [0.2, 0.25) is 0 Å². The van der Waals surface area contributed by atoms with E-state index in [0.717, 1.165) is 17.7 Å². The summed E-state index contributed by atoms with van der Waals surface area (Å²) < 4.78 is 18.7.